The lowest BCUT2D eigenvalue weighted by molar-refractivity contribution is -0.172. The molecular weight excluding hydrogens is 275 g/mol. The maximum atomic E-state index is 12.2. The lowest BCUT2D eigenvalue weighted by atomic mass is 10.1. The standard InChI is InChI=1S/C13H12F3NO3/c1-3-10(17-12(19)13(14,15)16)8-4-6-9(7-5-8)11(18)20-2/h3-7H,1-2H3,(H,17,19)/b10-3-. The van der Waals surface area contributed by atoms with Gasteiger partial charge in [0.15, 0.2) is 0 Å². The van der Waals surface area contributed by atoms with E-state index >= 15 is 0 Å². The smallest absolute Gasteiger partial charge is 0.465 e. The van der Waals surface area contributed by atoms with Gasteiger partial charge in [-0.15, -0.1) is 0 Å². The van der Waals surface area contributed by atoms with Crippen LogP contribution in [0.15, 0.2) is 30.3 Å². The number of alkyl halides is 3. The average molecular weight is 287 g/mol. The number of hydrogen-bond acceptors (Lipinski definition) is 3. The van der Waals surface area contributed by atoms with Crippen molar-refractivity contribution in [3.63, 3.8) is 0 Å². The fourth-order valence-corrected chi connectivity index (χ4v) is 1.41. The topological polar surface area (TPSA) is 55.4 Å². The summed E-state index contributed by atoms with van der Waals surface area (Å²) in [5.74, 6) is -2.61. The Morgan fingerprint density at radius 1 is 1.15 bits per heavy atom. The van der Waals surface area contributed by atoms with Crippen LogP contribution >= 0.6 is 0 Å². The number of ether oxygens (including phenoxy) is 1. The van der Waals surface area contributed by atoms with Crippen LogP contribution in [0.25, 0.3) is 5.70 Å². The van der Waals surface area contributed by atoms with E-state index in [2.05, 4.69) is 4.74 Å². The van der Waals surface area contributed by atoms with Crippen LogP contribution in [0.4, 0.5) is 13.2 Å². The Balaban J connectivity index is 2.92. The number of halogens is 3. The molecule has 0 aliphatic heterocycles. The second kappa shape index (κ2) is 6.23. The van der Waals surface area contributed by atoms with Crippen LogP contribution in [-0.4, -0.2) is 25.2 Å². The van der Waals surface area contributed by atoms with Crippen LogP contribution in [0.2, 0.25) is 0 Å². The van der Waals surface area contributed by atoms with E-state index in [-0.39, 0.29) is 11.3 Å². The first-order valence-electron chi connectivity index (χ1n) is 5.52. The van der Waals surface area contributed by atoms with E-state index in [4.69, 9.17) is 0 Å². The number of allylic oxidation sites excluding steroid dienone is 1. The van der Waals surface area contributed by atoms with Crippen LogP contribution in [-0.2, 0) is 9.53 Å². The van der Waals surface area contributed by atoms with Gasteiger partial charge in [0.25, 0.3) is 0 Å². The SMILES string of the molecule is C/C=C(\NC(=O)C(F)(F)F)c1ccc(C(=O)OC)cc1. The molecule has 7 heteroatoms. The maximum Gasteiger partial charge on any atom is 0.471 e. The first-order chi connectivity index (χ1) is 9.29. The molecule has 4 nitrogen and oxygen atoms in total. The molecule has 0 radical (unpaired) electrons. The first kappa shape index (κ1) is 15.7. The van der Waals surface area contributed by atoms with E-state index in [9.17, 15) is 22.8 Å². The fraction of sp³-hybridized carbons (Fsp3) is 0.231. The number of esters is 1. The molecule has 0 fully saturated rings. The van der Waals surface area contributed by atoms with Gasteiger partial charge in [-0.2, -0.15) is 13.2 Å². The predicted octanol–water partition coefficient (Wildman–Crippen LogP) is 2.51. The normalized spacial score (nSPS) is 11.9. The van der Waals surface area contributed by atoms with Crippen molar-refractivity contribution in [2.75, 3.05) is 7.11 Å². The van der Waals surface area contributed by atoms with Crippen LogP contribution in [0.3, 0.4) is 0 Å². The molecule has 0 aliphatic rings. The summed E-state index contributed by atoms with van der Waals surface area (Å²) >= 11 is 0. The number of rotatable bonds is 3. The summed E-state index contributed by atoms with van der Waals surface area (Å²) in [5.41, 5.74) is 0.607. The van der Waals surface area contributed by atoms with E-state index in [1.165, 1.54) is 44.4 Å². The molecule has 1 N–H and O–H groups in total. The van der Waals surface area contributed by atoms with E-state index in [0.29, 0.717) is 5.56 Å². The molecule has 0 atom stereocenters. The second-order valence-electron chi connectivity index (χ2n) is 3.72. The molecule has 1 rings (SSSR count). The molecule has 0 spiro atoms. The molecule has 20 heavy (non-hydrogen) atoms. The molecule has 0 heterocycles. The number of hydrogen-bond donors (Lipinski definition) is 1. The van der Waals surface area contributed by atoms with Gasteiger partial charge in [-0.3, -0.25) is 4.79 Å². The van der Waals surface area contributed by atoms with Crippen molar-refractivity contribution < 1.29 is 27.5 Å². The third-order valence-electron chi connectivity index (χ3n) is 2.41. The summed E-state index contributed by atoms with van der Waals surface area (Å²) < 4.78 is 41.0. The molecule has 0 saturated heterocycles. The highest BCUT2D eigenvalue weighted by Gasteiger charge is 2.39. The average Bonchev–Trinajstić information content (AvgIpc) is 2.42. The second-order valence-corrected chi connectivity index (χ2v) is 3.72. The van der Waals surface area contributed by atoms with Gasteiger partial charge in [-0.25, -0.2) is 4.79 Å². The van der Waals surface area contributed by atoms with Crippen LogP contribution in [0.5, 0.6) is 0 Å². The minimum absolute atomic E-state index is 0.00346. The van der Waals surface area contributed by atoms with Crippen molar-refractivity contribution in [3.05, 3.63) is 41.5 Å². The van der Waals surface area contributed by atoms with Crippen molar-refractivity contribution in [3.8, 4) is 0 Å². The van der Waals surface area contributed by atoms with Crippen molar-refractivity contribution in [1.82, 2.24) is 5.32 Å². The number of carbonyl (C=O) groups excluding carboxylic acids is 2. The van der Waals surface area contributed by atoms with E-state index in [1.54, 1.807) is 5.32 Å². The molecule has 0 aromatic heterocycles. The molecule has 1 amide bonds. The zero-order valence-electron chi connectivity index (χ0n) is 10.7. The van der Waals surface area contributed by atoms with Gasteiger partial charge in [-0.1, -0.05) is 18.2 Å². The Labute approximate surface area is 113 Å². The maximum absolute atomic E-state index is 12.2. The van der Waals surface area contributed by atoms with Crippen LogP contribution in [0, 0.1) is 0 Å². The highest BCUT2D eigenvalue weighted by molar-refractivity contribution is 5.92. The molecule has 1 aromatic carbocycles. The number of methoxy groups -OCH3 is 1. The first-order valence-corrected chi connectivity index (χ1v) is 5.52. The molecule has 0 bridgehead atoms. The summed E-state index contributed by atoms with van der Waals surface area (Å²) in [6, 6.07) is 5.62. The van der Waals surface area contributed by atoms with Crippen molar-refractivity contribution in [2.24, 2.45) is 0 Å². The zero-order valence-corrected chi connectivity index (χ0v) is 10.7. The quantitative estimate of drug-likeness (QED) is 0.869. The van der Waals surface area contributed by atoms with E-state index in [0.717, 1.165) is 0 Å². The lowest BCUT2D eigenvalue weighted by Crippen LogP contribution is -2.35. The van der Waals surface area contributed by atoms with Gasteiger partial charge in [0.2, 0.25) is 0 Å². The molecule has 0 saturated carbocycles. The fourth-order valence-electron chi connectivity index (χ4n) is 1.41. The summed E-state index contributed by atoms with van der Waals surface area (Å²) in [5, 5.41) is 1.77. The third-order valence-corrected chi connectivity index (χ3v) is 2.41. The Morgan fingerprint density at radius 2 is 1.65 bits per heavy atom. The Kier molecular flexibility index (Phi) is 4.90. The van der Waals surface area contributed by atoms with Gasteiger partial charge < -0.3 is 10.1 Å². The lowest BCUT2D eigenvalue weighted by Gasteiger charge is -2.12. The summed E-state index contributed by atoms with van der Waals surface area (Å²) in [7, 11) is 1.22. The Hall–Kier alpha value is -2.31. The Morgan fingerprint density at radius 3 is 2.05 bits per heavy atom. The van der Waals surface area contributed by atoms with Crippen LogP contribution in [0.1, 0.15) is 22.8 Å². The molecule has 1 aromatic rings. The largest absolute Gasteiger partial charge is 0.471 e. The molecule has 108 valence electrons. The van der Waals surface area contributed by atoms with Gasteiger partial charge >= 0.3 is 18.1 Å². The van der Waals surface area contributed by atoms with Gasteiger partial charge in [-0.05, 0) is 24.6 Å². The molecule has 0 aliphatic carbocycles. The summed E-state index contributed by atoms with van der Waals surface area (Å²) in [6.45, 7) is 1.49. The number of carbonyl (C=O) groups is 2. The number of amides is 1. The van der Waals surface area contributed by atoms with Gasteiger partial charge in [0.05, 0.1) is 12.7 Å². The van der Waals surface area contributed by atoms with E-state index < -0.39 is 18.1 Å². The van der Waals surface area contributed by atoms with Crippen molar-refractivity contribution in [1.29, 1.82) is 0 Å². The van der Waals surface area contributed by atoms with Crippen LogP contribution < -0.4 is 5.32 Å². The number of nitrogens with one attached hydrogen (secondary N) is 1. The zero-order chi connectivity index (χ0) is 15.3. The Bertz CT molecular complexity index is 533. The number of benzene rings is 1. The minimum Gasteiger partial charge on any atom is -0.465 e. The van der Waals surface area contributed by atoms with E-state index in [1.807, 2.05) is 0 Å². The predicted molar refractivity (Wildman–Crippen MR) is 65.6 cm³/mol. The summed E-state index contributed by atoms with van der Waals surface area (Å²) in [4.78, 5) is 22.1. The van der Waals surface area contributed by atoms with Crippen molar-refractivity contribution in [2.45, 2.75) is 13.1 Å². The minimum atomic E-state index is -4.96. The van der Waals surface area contributed by atoms with Gasteiger partial charge in [0.1, 0.15) is 0 Å². The van der Waals surface area contributed by atoms with Crippen molar-refractivity contribution >= 4 is 17.6 Å². The molecule has 0 unspecified atom stereocenters. The molecular formula is C13H12F3NO3. The highest BCUT2D eigenvalue weighted by Crippen LogP contribution is 2.18. The highest BCUT2D eigenvalue weighted by atomic mass is 19.4. The monoisotopic (exact) mass is 287 g/mol. The third kappa shape index (κ3) is 3.84. The summed E-state index contributed by atoms with van der Waals surface area (Å²) in [6.07, 6.45) is -3.63. The van der Waals surface area contributed by atoms with Gasteiger partial charge in [0, 0.05) is 5.70 Å².